The SMILES string of the molecule is CCCC1(CN)C=CC=CC1. The smallest absolute Gasteiger partial charge is 0.00419 e. The van der Waals surface area contributed by atoms with Gasteiger partial charge in [-0.3, -0.25) is 0 Å². The molecule has 1 atom stereocenters. The average molecular weight is 151 g/mol. The van der Waals surface area contributed by atoms with Gasteiger partial charge in [0.15, 0.2) is 0 Å². The Morgan fingerprint density at radius 3 is 2.73 bits per heavy atom. The Labute approximate surface area is 69.0 Å². The lowest BCUT2D eigenvalue weighted by Crippen LogP contribution is -2.28. The minimum absolute atomic E-state index is 0.281. The molecule has 1 aliphatic carbocycles. The topological polar surface area (TPSA) is 26.0 Å². The van der Waals surface area contributed by atoms with Crippen LogP contribution in [-0.4, -0.2) is 6.54 Å². The van der Waals surface area contributed by atoms with Crippen molar-refractivity contribution in [2.45, 2.75) is 26.2 Å². The number of allylic oxidation sites excluding steroid dienone is 3. The molecule has 0 aliphatic heterocycles. The number of hydrogen-bond acceptors (Lipinski definition) is 1. The highest BCUT2D eigenvalue weighted by Crippen LogP contribution is 2.31. The van der Waals surface area contributed by atoms with Gasteiger partial charge in [0.1, 0.15) is 0 Å². The average Bonchev–Trinajstić information content (AvgIpc) is 2.07. The molecule has 0 aromatic heterocycles. The Kier molecular flexibility index (Phi) is 2.89. The quantitative estimate of drug-likeness (QED) is 0.657. The molecule has 0 saturated carbocycles. The molecule has 0 amide bonds. The molecule has 11 heavy (non-hydrogen) atoms. The molecule has 0 aromatic rings. The normalized spacial score (nSPS) is 29.3. The van der Waals surface area contributed by atoms with Crippen LogP contribution in [0.5, 0.6) is 0 Å². The molecule has 0 spiro atoms. The predicted octanol–water partition coefficient (Wildman–Crippen LogP) is 2.25. The van der Waals surface area contributed by atoms with E-state index in [4.69, 9.17) is 5.73 Å². The molecule has 1 aliphatic rings. The van der Waals surface area contributed by atoms with Crippen LogP contribution in [0.2, 0.25) is 0 Å². The monoisotopic (exact) mass is 151 g/mol. The molecular formula is C10H17N. The molecule has 1 unspecified atom stereocenters. The Morgan fingerprint density at radius 1 is 1.45 bits per heavy atom. The van der Waals surface area contributed by atoms with Crippen LogP contribution >= 0.6 is 0 Å². The van der Waals surface area contributed by atoms with Gasteiger partial charge in [-0.05, 0) is 12.8 Å². The Bertz CT molecular complexity index is 170. The molecule has 0 radical (unpaired) electrons. The van der Waals surface area contributed by atoms with Gasteiger partial charge in [0.2, 0.25) is 0 Å². The van der Waals surface area contributed by atoms with Crippen molar-refractivity contribution in [3.05, 3.63) is 24.3 Å². The van der Waals surface area contributed by atoms with Crippen molar-refractivity contribution in [2.75, 3.05) is 6.54 Å². The fourth-order valence-corrected chi connectivity index (χ4v) is 1.65. The van der Waals surface area contributed by atoms with Gasteiger partial charge in [-0.1, -0.05) is 37.6 Å². The van der Waals surface area contributed by atoms with Crippen molar-refractivity contribution in [1.82, 2.24) is 0 Å². The zero-order chi connectivity index (χ0) is 8.16. The van der Waals surface area contributed by atoms with Crippen molar-refractivity contribution in [2.24, 2.45) is 11.1 Å². The van der Waals surface area contributed by atoms with Crippen LogP contribution in [-0.2, 0) is 0 Å². The van der Waals surface area contributed by atoms with Crippen molar-refractivity contribution >= 4 is 0 Å². The summed E-state index contributed by atoms with van der Waals surface area (Å²) < 4.78 is 0. The molecular weight excluding hydrogens is 134 g/mol. The van der Waals surface area contributed by atoms with E-state index in [1.165, 1.54) is 12.8 Å². The summed E-state index contributed by atoms with van der Waals surface area (Å²) in [5.41, 5.74) is 6.02. The number of nitrogens with two attached hydrogens (primary N) is 1. The summed E-state index contributed by atoms with van der Waals surface area (Å²) in [6.07, 6.45) is 12.2. The number of rotatable bonds is 3. The summed E-state index contributed by atoms with van der Waals surface area (Å²) in [4.78, 5) is 0. The molecule has 0 aromatic carbocycles. The molecule has 1 rings (SSSR count). The van der Waals surface area contributed by atoms with Gasteiger partial charge in [0.25, 0.3) is 0 Å². The van der Waals surface area contributed by atoms with Crippen LogP contribution in [0.3, 0.4) is 0 Å². The van der Waals surface area contributed by atoms with E-state index in [-0.39, 0.29) is 5.41 Å². The van der Waals surface area contributed by atoms with E-state index in [1.807, 2.05) is 0 Å². The fourth-order valence-electron chi connectivity index (χ4n) is 1.65. The highest BCUT2D eigenvalue weighted by Gasteiger charge is 2.23. The van der Waals surface area contributed by atoms with E-state index in [2.05, 4.69) is 31.2 Å². The van der Waals surface area contributed by atoms with Crippen molar-refractivity contribution in [1.29, 1.82) is 0 Å². The third-order valence-corrected chi connectivity index (χ3v) is 2.38. The summed E-state index contributed by atoms with van der Waals surface area (Å²) in [5.74, 6) is 0. The summed E-state index contributed by atoms with van der Waals surface area (Å²) in [7, 11) is 0. The van der Waals surface area contributed by atoms with Gasteiger partial charge in [-0.25, -0.2) is 0 Å². The Morgan fingerprint density at radius 2 is 2.27 bits per heavy atom. The van der Waals surface area contributed by atoms with E-state index in [0.29, 0.717) is 0 Å². The third kappa shape index (κ3) is 1.93. The summed E-state index contributed by atoms with van der Waals surface area (Å²) in [5, 5.41) is 0. The first kappa shape index (κ1) is 8.54. The van der Waals surface area contributed by atoms with Gasteiger partial charge < -0.3 is 5.73 Å². The largest absolute Gasteiger partial charge is 0.330 e. The second-order valence-corrected chi connectivity index (χ2v) is 3.31. The lowest BCUT2D eigenvalue weighted by molar-refractivity contribution is 0.359. The van der Waals surface area contributed by atoms with Crippen LogP contribution in [0, 0.1) is 5.41 Å². The minimum atomic E-state index is 0.281. The Hall–Kier alpha value is -0.560. The van der Waals surface area contributed by atoms with E-state index >= 15 is 0 Å². The minimum Gasteiger partial charge on any atom is -0.330 e. The van der Waals surface area contributed by atoms with Gasteiger partial charge in [-0.2, -0.15) is 0 Å². The maximum atomic E-state index is 5.74. The van der Waals surface area contributed by atoms with Gasteiger partial charge in [-0.15, -0.1) is 0 Å². The first-order chi connectivity index (χ1) is 5.33. The van der Waals surface area contributed by atoms with Crippen molar-refractivity contribution in [3.63, 3.8) is 0 Å². The predicted molar refractivity (Wildman–Crippen MR) is 49.3 cm³/mol. The van der Waals surface area contributed by atoms with Crippen molar-refractivity contribution < 1.29 is 0 Å². The third-order valence-electron chi connectivity index (χ3n) is 2.38. The standard InChI is InChI=1S/C10H17N/c1-2-6-10(9-11)7-4-3-5-8-10/h3-5,7H,2,6,8-9,11H2,1H3. The lowest BCUT2D eigenvalue weighted by atomic mass is 9.78. The van der Waals surface area contributed by atoms with Crippen LogP contribution in [0.4, 0.5) is 0 Å². The fraction of sp³-hybridized carbons (Fsp3) is 0.600. The van der Waals surface area contributed by atoms with Crippen LogP contribution in [0.15, 0.2) is 24.3 Å². The van der Waals surface area contributed by atoms with E-state index in [9.17, 15) is 0 Å². The molecule has 0 bridgehead atoms. The van der Waals surface area contributed by atoms with E-state index in [0.717, 1.165) is 13.0 Å². The maximum Gasteiger partial charge on any atom is 0.00419 e. The second-order valence-electron chi connectivity index (χ2n) is 3.31. The van der Waals surface area contributed by atoms with Gasteiger partial charge >= 0.3 is 0 Å². The van der Waals surface area contributed by atoms with Crippen LogP contribution in [0.25, 0.3) is 0 Å². The lowest BCUT2D eigenvalue weighted by Gasteiger charge is -2.29. The number of hydrogen-bond donors (Lipinski definition) is 1. The molecule has 62 valence electrons. The summed E-state index contributed by atoms with van der Waals surface area (Å²) >= 11 is 0. The molecule has 0 saturated heterocycles. The van der Waals surface area contributed by atoms with Crippen molar-refractivity contribution in [3.8, 4) is 0 Å². The van der Waals surface area contributed by atoms with Gasteiger partial charge in [0.05, 0.1) is 0 Å². The summed E-state index contributed by atoms with van der Waals surface area (Å²) in [6.45, 7) is 2.99. The zero-order valence-electron chi connectivity index (χ0n) is 7.22. The molecule has 0 fully saturated rings. The second kappa shape index (κ2) is 3.72. The molecule has 1 heteroatoms. The molecule has 2 N–H and O–H groups in total. The maximum absolute atomic E-state index is 5.74. The van der Waals surface area contributed by atoms with Gasteiger partial charge in [0, 0.05) is 12.0 Å². The Balaban J connectivity index is 2.60. The van der Waals surface area contributed by atoms with Crippen LogP contribution < -0.4 is 5.73 Å². The van der Waals surface area contributed by atoms with E-state index in [1.54, 1.807) is 0 Å². The van der Waals surface area contributed by atoms with Crippen LogP contribution in [0.1, 0.15) is 26.2 Å². The first-order valence-electron chi connectivity index (χ1n) is 4.37. The molecule has 0 heterocycles. The zero-order valence-corrected chi connectivity index (χ0v) is 7.22. The highest BCUT2D eigenvalue weighted by atomic mass is 14.6. The first-order valence-corrected chi connectivity index (χ1v) is 4.37. The van der Waals surface area contributed by atoms with E-state index < -0.39 is 0 Å². The highest BCUT2D eigenvalue weighted by molar-refractivity contribution is 5.16. The summed E-state index contributed by atoms with van der Waals surface area (Å²) in [6, 6.07) is 0. The molecule has 1 nitrogen and oxygen atoms in total.